The van der Waals surface area contributed by atoms with Crippen molar-refractivity contribution in [3.8, 4) is 0 Å². The van der Waals surface area contributed by atoms with Crippen molar-refractivity contribution in [2.75, 3.05) is 0 Å². The highest BCUT2D eigenvalue weighted by molar-refractivity contribution is 5.34. The van der Waals surface area contributed by atoms with E-state index in [2.05, 4.69) is 45.9 Å². The Morgan fingerprint density at radius 3 is 2.00 bits per heavy atom. The smallest absolute Gasteiger partial charge is 0.0608 e. The molecule has 0 spiro atoms. The Hall–Kier alpha value is -0.820. The number of aryl methyl sites for hydroxylation is 2. The van der Waals surface area contributed by atoms with Crippen molar-refractivity contribution < 1.29 is 5.11 Å². The van der Waals surface area contributed by atoms with Crippen LogP contribution in [0.15, 0.2) is 18.2 Å². The zero-order valence-corrected chi connectivity index (χ0v) is 13.5. The molecule has 1 saturated carbocycles. The van der Waals surface area contributed by atoms with Crippen LogP contribution in [-0.2, 0) is 6.42 Å². The standard InChI is InChI=1S/C19H30O/c1-13(2)16-8-10-17(11-9-16)19(20)12-18-14(3)6-5-7-15(18)4/h5-7,13,16-17,19-20H,8-12H2,1-4H3. The topological polar surface area (TPSA) is 20.2 Å². The Kier molecular flexibility index (Phi) is 5.26. The van der Waals surface area contributed by atoms with Gasteiger partial charge in [0.2, 0.25) is 0 Å². The summed E-state index contributed by atoms with van der Waals surface area (Å²) in [6.45, 7) is 8.98. The Labute approximate surface area is 124 Å². The normalized spacial score (nSPS) is 24.9. The van der Waals surface area contributed by atoms with E-state index in [1.807, 2.05) is 0 Å². The molecule has 1 unspecified atom stereocenters. The Balaban J connectivity index is 1.94. The second-order valence-corrected chi connectivity index (χ2v) is 7.06. The maximum absolute atomic E-state index is 10.6. The lowest BCUT2D eigenvalue weighted by atomic mass is 9.74. The van der Waals surface area contributed by atoms with Crippen LogP contribution < -0.4 is 0 Å². The highest BCUT2D eigenvalue weighted by atomic mass is 16.3. The number of benzene rings is 1. The summed E-state index contributed by atoms with van der Waals surface area (Å²) >= 11 is 0. The molecule has 0 aliphatic heterocycles. The van der Waals surface area contributed by atoms with Crippen molar-refractivity contribution in [3.05, 3.63) is 34.9 Å². The lowest BCUT2D eigenvalue weighted by molar-refractivity contribution is 0.0673. The molecule has 1 N–H and O–H groups in total. The van der Waals surface area contributed by atoms with E-state index in [1.54, 1.807) is 0 Å². The van der Waals surface area contributed by atoms with E-state index in [9.17, 15) is 5.11 Å². The predicted molar refractivity (Wildman–Crippen MR) is 85.9 cm³/mol. The van der Waals surface area contributed by atoms with Crippen molar-refractivity contribution in [2.45, 2.75) is 65.9 Å². The quantitative estimate of drug-likeness (QED) is 0.846. The summed E-state index contributed by atoms with van der Waals surface area (Å²) in [5.41, 5.74) is 3.99. The monoisotopic (exact) mass is 274 g/mol. The number of aliphatic hydroxyl groups is 1. The van der Waals surface area contributed by atoms with Crippen LogP contribution in [0.25, 0.3) is 0 Å². The van der Waals surface area contributed by atoms with Gasteiger partial charge in [0.05, 0.1) is 6.10 Å². The SMILES string of the molecule is Cc1cccc(C)c1CC(O)C1CCC(C(C)C)CC1. The summed E-state index contributed by atoms with van der Waals surface area (Å²) in [5, 5.41) is 10.6. The van der Waals surface area contributed by atoms with Gasteiger partial charge in [0.25, 0.3) is 0 Å². The number of rotatable bonds is 4. The van der Waals surface area contributed by atoms with Gasteiger partial charge in [0, 0.05) is 0 Å². The molecule has 1 aliphatic carbocycles. The summed E-state index contributed by atoms with van der Waals surface area (Å²) < 4.78 is 0. The van der Waals surface area contributed by atoms with Crippen molar-refractivity contribution in [2.24, 2.45) is 17.8 Å². The molecule has 1 aromatic carbocycles. The first kappa shape index (κ1) is 15.6. The minimum atomic E-state index is -0.164. The largest absolute Gasteiger partial charge is 0.392 e. The molecule has 1 aromatic rings. The van der Waals surface area contributed by atoms with Gasteiger partial charge in [0.15, 0.2) is 0 Å². The molecule has 1 nitrogen and oxygen atoms in total. The average Bonchev–Trinajstić information content (AvgIpc) is 2.43. The van der Waals surface area contributed by atoms with E-state index in [4.69, 9.17) is 0 Å². The predicted octanol–water partition coefficient (Wildman–Crippen LogP) is 4.67. The second-order valence-electron chi connectivity index (χ2n) is 7.06. The van der Waals surface area contributed by atoms with Gasteiger partial charge in [-0.25, -0.2) is 0 Å². The molecule has 0 radical (unpaired) electrons. The molecule has 0 aromatic heterocycles. The van der Waals surface area contributed by atoms with Gasteiger partial charge in [-0.2, -0.15) is 0 Å². The van der Waals surface area contributed by atoms with E-state index in [1.165, 1.54) is 42.4 Å². The average molecular weight is 274 g/mol. The molecule has 20 heavy (non-hydrogen) atoms. The Morgan fingerprint density at radius 1 is 1.00 bits per heavy atom. The lowest BCUT2D eigenvalue weighted by Crippen LogP contribution is -2.29. The van der Waals surface area contributed by atoms with Gasteiger partial charge in [-0.1, -0.05) is 32.0 Å². The minimum absolute atomic E-state index is 0.164. The van der Waals surface area contributed by atoms with Crippen LogP contribution in [0, 0.1) is 31.6 Å². The number of hydrogen-bond donors (Lipinski definition) is 1. The van der Waals surface area contributed by atoms with E-state index in [-0.39, 0.29) is 6.10 Å². The Morgan fingerprint density at radius 2 is 1.50 bits per heavy atom. The summed E-state index contributed by atoms with van der Waals surface area (Å²) in [5.74, 6) is 2.18. The highest BCUT2D eigenvalue weighted by Crippen LogP contribution is 2.35. The maximum atomic E-state index is 10.6. The maximum Gasteiger partial charge on any atom is 0.0608 e. The fraction of sp³-hybridized carbons (Fsp3) is 0.684. The summed E-state index contributed by atoms with van der Waals surface area (Å²) in [6, 6.07) is 6.42. The number of aliphatic hydroxyl groups excluding tert-OH is 1. The third-order valence-corrected chi connectivity index (χ3v) is 5.36. The molecule has 1 fully saturated rings. The van der Waals surface area contributed by atoms with Crippen LogP contribution in [0.1, 0.15) is 56.2 Å². The van der Waals surface area contributed by atoms with Crippen molar-refractivity contribution in [3.63, 3.8) is 0 Å². The fourth-order valence-electron chi connectivity index (χ4n) is 3.74. The third kappa shape index (κ3) is 3.63. The molecule has 1 heteroatoms. The van der Waals surface area contributed by atoms with Crippen molar-refractivity contribution in [1.82, 2.24) is 0 Å². The molecular formula is C19H30O. The molecular weight excluding hydrogens is 244 g/mol. The van der Waals surface area contributed by atoms with Gasteiger partial charge in [0.1, 0.15) is 0 Å². The van der Waals surface area contributed by atoms with Crippen LogP contribution in [0.3, 0.4) is 0 Å². The zero-order valence-electron chi connectivity index (χ0n) is 13.5. The molecule has 2 rings (SSSR count). The summed E-state index contributed by atoms with van der Waals surface area (Å²) in [7, 11) is 0. The van der Waals surface area contributed by atoms with Crippen molar-refractivity contribution >= 4 is 0 Å². The second kappa shape index (κ2) is 6.76. The first-order valence-electron chi connectivity index (χ1n) is 8.22. The van der Waals surface area contributed by atoms with Gasteiger partial charge < -0.3 is 5.11 Å². The van der Waals surface area contributed by atoms with Crippen molar-refractivity contribution in [1.29, 1.82) is 0 Å². The molecule has 1 aliphatic rings. The van der Waals surface area contributed by atoms with Gasteiger partial charge in [-0.15, -0.1) is 0 Å². The highest BCUT2D eigenvalue weighted by Gasteiger charge is 2.28. The molecule has 0 amide bonds. The molecule has 0 saturated heterocycles. The van der Waals surface area contributed by atoms with Crippen LogP contribution >= 0.6 is 0 Å². The zero-order chi connectivity index (χ0) is 14.7. The van der Waals surface area contributed by atoms with Gasteiger partial charge in [-0.05, 0) is 80.4 Å². The minimum Gasteiger partial charge on any atom is -0.392 e. The molecule has 0 bridgehead atoms. The Bertz CT molecular complexity index is 407. The molecule has 112 valence electrons. The first-order chi connectivity index (χ1) is 9.49. The summed E-state index contributed by atoms with van der Waals surface area (Å²) in [4.78, 5) is 0. The van der Waals surface area contributed by atoms with E-state index in [0.717, 1.165) is 18.3 Å². The van der Waals surface area contributed by atoms with Gasteiger partial charge in [-0.3, -0.25) is 0 Å². The van der Waals surface area contributed by atoms with E-state index >= 15 is 0 Å². The van der Waals surface area contributed by atoms with Crippen LogP contribution in [0.2, 0.25) is 0 Å². The molecule has 0 heterocycles. The third-order valence-electron chi connectivity index (χ3n) is 5.36. The molecule has 1 atom stereocenters. The lowest BCUT2D eigenvalue weighted by Gasteiger charge is -2.33. The van der Waals surface area contributed by atoms with Crippen LogP contribution in [0.5, 0.6) is 0 Å². The van der Waals surface area contributed by atoms with Crippen LogP contribution in [0.4, 0.5) is 0 Å². The number of hydrogen-bond acceptors (Lipinski definition) is 1. The first-order valence-corrected chi connectivity index (χ1v) is 8.22. The van der Waals surface area contributed by atoms with E-state index in [0.29, 0.717) is 5.92 Å². The fourth-order valence-corrected chi connectivity index (χ4v) is 3.74. The van der Waals surface area contributed by atoms with Crippen LogP contribution in [-0.4, -0.2) is 11.2 Å². The van der Waals surface area contributed by atoms with E-state index < -0.39 is 0 Å². The summed E-state index contributed by atoms with van der Waals surface area (Å²) in [6.07, 6.45) is 5.67. The van der Waals surface area contributed by atoms with Gasteiger partial charge >= 0.3 is 0 Å².